The summed E-state index contributed by atoms with van der Waals surface area (Å²) in [7, 11) is 0. The summed E-state index contributed by atoms with van der Waals surface area (Å²) in [6, 6.07) is 9.95. The van der Waals surface area contributed by atoms with Crippen molar-refractivity contribution in [3.05, 3.63) is 35.9 Å². The lowest BCUT2D eigenvalue weighted by atomic mass is 10.1. The Hall–Kier alpha value is -0.940. The van der Waals surface area contributed by atoms with Crippen molar-refractivity contribution in [2.45, 2.75) is 26.1 Å². The number of aliphatic hydroxyl groups is 2. The van der Waals surface area contributed by atoms with E-state index in [1.807, 2.05) is 44.2 Å². The van der Waals surface area contributed by atoms with Gasteiger partial charge in [0.1, 0.15) is 0 Å². The van der Waals surface area contributed by atoms with E-state index in [1.165, 1.54) is 0 Å². The van der Waals surface area contributed by atoms with Gasteiger partial charge in [0.25, 0.3) is 0 Å². The predicted molar refractivity (Wildman–Crippen MR) is 75.9 cm³/mol. The first-order valence-corrected chi connectivity index (χ1v) is 6.79. The van der Waals surface area contributed by atoms with E-state index in [9.17, 15) is 5.11 Å². The van der Waals surface area contributed by atoms with Crippen LogP contribution in [-0.2, 0) is 4.74 Å². The van der Waals surface area contributed by atoms with Crippen LogP contribution < -0.4 is 5.32 Å². The normalized spacial score (nSPS) is 16.0. The van der Waals surface area contributed by atoms with E-state index >= 15 is 0 Å². The number of benzene rings is 1. The first-order chi connectivity index (χ1) is 9.13. The molecule has 4 nitrogen and oxygen atoms in total. The van der Waals surface area contributed by atoms with Crippen molar-refractivity contribution in [1.29, 1.82) is 0 Å². The number of nitrogens with one attached hydrogen (secondary N) is 1. The van der Waals surface area contributed by atoms with Crippen LogP contribution in [0, 0.1) is 5.92 Å². The summed E-state index contributed by atoms with van der Waals surface area (Å²) >= 11 is 0. The van der Waals surface area contributed by atoms with Crippen molar-refractivity contribution in [3.8, 4) is 0 Å². The maximum absolute atomic E-state index is 9.78. The summed E-state index contributed by atoms with van der Waals surface area (Å²) in [4.78, 5) is 0. The third-order valence-corrected chi connectivity index (χ3v) is 2.99. The van der Waals surface area contributed by atoms with E-state index in [2.05, 4.69) is 5.32 Å². The smallest absolute Gasteiger partial charge is 0.0897 e. The summed E-state index contributed by atoms with van der Waals surface area (Å²) in [5, 5.41) is 21.8. The van der Waals surface area contributed by atoms with E-state index < -0.39 is 6.10 Å². The predicted octanol–water partition coefficient (Wildman–Crippen LogP) is 1.34. The fraction of sp³-hybridized carbons (Fsp3) is 0.600. The average molecular weight is 267 g/mol. The molecule has 3 unspecified atom stereocenters. The molecular weight excluding hydrogens is 242 g/mol. The number of hydrogen-bond acceptors (Lipinski definition) is 4. The SMILES string of the molecule is CC(CO)CNCC(O)COC(C)c1ccccc1. The maximum Gasteiger partial charge on any atom is 0.0897 e. The Kier molecular flexibility index (Phi) is 7.67. The first kappa shape index (κ1) is 16.1. The number of hydrogen-bond donors (Lipinski definition) is 3. The molecule has 0 radical (unpaired) electrons. The lowest BCUT2D eigenvalue weighted by Crippen LogP contribution is -2.33. The molecule has 1 aromatic carbocycles. The van der Waals surface area contributed by atoms with Gasteiger partial charge >= 0.3 is 0 Å². The Labute approximate surface area is 115 Å². The third kappa shape index (κ3) is 6.68. The minimum Gasteiger partial charge on any atom is -0.396 e. The van der Waals surface area contributed by atoms with Crippen molar-refractivity contribution < 1.29 is 14.9 Å². The molecule has 0 aromatic heterocycles. The molecule has 0 saturated carbocycles. The Balaban J connectivity index is 2.17. The van der Waals surface area contributed by atoms with Crippen LogP contribution in [0.2, 0.25) is 0 Å². The maximum atomic E-state index is 9.78. The molecule has 0 fully saturated rings. The topological polar surface area (TPSA) is 61.7 Å². The van der Waals surface area contributed by atoms with Crippen LogP contribution in [0.1, 0.15) is 25.5 Å². The second-order valence-electron chi connectivity index (χ2n) is 4.99. The highest BCUT2D eigenvalue weighted by atomic mass is 16.5. The van der Waals surface area contributed by atoms with Gasteiger partial charge in [-0.15, -0.1) is 0 Å². The van der Waals surface area contributed by atoms with Crippen LogP contribution in [0.4, 0.5) is 0 Å². The van der Waals surface area contributed by atoms with E-state index in [0.29, 0.717) is 19.7 Å². The zero-order chi connectivity index (χ0) is 14.1. The van der Waals surface area contributed by atoms with Gasteiger partial charge in [-0.1, -0.05) is 37.3 Å². The van der Waals surface area contributed by atoms with Gasteiger partial charge in [0.05, 0.1) is 18.8 Å². The standard InChI is InChI=1S/C15H25NO3/c1-12(10-17)8-16-9-15(18)11-19-13(2)14-6-4-3-5-7-14/h3-7,12-13,15-18H,8-11H2,1-2H3. The molecule has 3 N–H and O–H groups in total. The lowest BCUT2D eigenvalue weighted by molar-refractivity contribution is -0.00236. The second kappa shape index (κ2) is 9.04. The summed E-state index contributed by atoms with van der Waals surface area (Å²) in [6.07, 6.45) is -0.552. The Bertz CT molecular complexity index is 331. The van der Waals surface area contributed by atoms with Crippen LogP contribution in [0.15, 0.2) is 30.3 Å². The molecule has 0 bridgehead atoms. The van der Waals surface area contributed by atoms with Gasteiger partial charge in [0.2, 0.25) is 0 Å². The molecule has 3 atom stereocenters. The Morgan fingerprint density at radius 2 is 1.84 bits per heavy atom. The minimum absolute atomic E-state index is 0.0211. The summed E-state index contributed by atoms with van der Waals surface area (Å²) in [5.41, 5.74) is 1.11. The zero-order valence-corrected chi connectivity index (χ0v) is 11.7. The molecule has 0 saturated heterocycles. The second-order valence-corrected chi connectivity index (χ2v) is 4.99. The zero-order valence-electron chi connectivity index (χ0n) is 11.7. The van der Waals surface area contributed by atoms with Gasteiger partial charge in [0.15, 0.2) is 0 Å². The first-order valence-electron chi connectivity index (χ1n) is 6.79. The quantitative estimate of drug-likeness (QED) is 0.632. The van der Waals surface area contributed by atoms with Crippen molar-refractivity contribution >= 4 is 0 Å². The largest absolute Gasteiger partial charge is 0.396 e. The van der Waals surface area contributed by atoms with Crippen molar-refractivity contribution in [1.82, 2.24) is 5.32 Å². The van der Waals surface area contributed by atoms with Crippen LogP contribution in [0.5, 0.6) is 0 Å². The molecular formula is C15H25NO3. The molecule has 19 heavy (non-hydrogen) atoms. The van der Waals surface area contributed by atoms with E-state index in [4.69, 9.17) is 9.84 Å². The fourth-order valence-corrected chi connectivity index (χ4v) is 1.70. The van der Waals surface area contributed by atoms with Crippen LogP contribution in [0.3, 0.4) is 0 Å². The molecule has 0 aliphatic heterocycles. The molecule has 4 heteroatoms. The van der Waals surface area contributed by atoms with Gasteiger partial charge in [-0.05, 0) is 24.9 Å². The van der Waals surface area contributed by atoms with Gasteiger partial charge in [-0.25, -0.2) is 0 Å². The van der Waals surface area contributed by atoms with Crippen molar-refractivity contribution in [3.63, 3.8) is 0 Å². The van der Waals surface area contributed by atoms with Crippen molar-refractivity contribution in [2.24, 2.45) is 5.92 Å². The number of rotatable bonds is 9. The third-order valence-electron chi connectivity index (χ3n) is 2.99. The van der Waals surface area contributed by atoms with Crippen LogP contribution in [0.25, 0.3) is 0 Å². The average Bonchev–Trinajstić information content (AvgIpc) is 2.45. The highest BCUT2D eigenvalue weighted by Crippen LogP contribution is 2.15. The van der Waals surface area contributed by atoms with Crippen molar-refractivity contribution in [2.75, 3.05) is 26.3 Å². The number of ether oxygens (including phenoxy) is 1. The molecule has 0 aliphatic carbocycles. The van der Waals surface area contributed by atoms with E-state index in [-0.39, 0.29) is 18.6 Å². The summed E-state index contributed by atoms with van der Waals surface area (Å²) < 4.78 is 5.63. The van der Waals surface area contributed by atoms with E-state index in [1.54, 1.807) is 0 Å². The molecule has 0 amide bonds. The number of aliphatic hydroxyl groups excluding tert-OH is 2. The Morgan fingerprint density at radius 1 is 1.16 bits per heavy atom. The molecule has 108 valence electrons. The minimum atomic E-state index is -0.531. The van der Waals surface area contributed by atoms with Gasteiger partial charge < -0.3 is 20.3 Å². The van der Waals surface area contributed by atoms with Crippen LogP contribution in [-0.4, -0.2) is 42.6 Å². The highest BCUT2D eigenvalue weighted by Gasteiger charge is 2.10. The van der Waals surface area contributed by atoms with Gasteiger partial charge in [-0.2, -0.15) is 0 Å². The molecule has 0 aliphatic rings. The molecule has 0 spiro atoms. The van der Waals surface area contributed by atoms with E-state index in [0.717, 1.165) is 5.56 Å². The molecule has 1 aromatic rings. The highest BCUT2D eigenvalue weighted by molar-refractivity contribution is 5.16. The van der Waals surface area contributed by atoms with Crippen LogP contribution >= 0.6 is 0 Å². The monoisotopic (exact) mass is 267 g/mol. The fourth-order valence-electron chi connectivity index (χ4n) is 1.70. The summed E-state index contributed by atoms with van der Waals surface area (Å²) in [6.45, 7) is 5.56. The Morgan fingerprint density at radius 3 is 2.47 bits per heavy atom. The summed E-state index contributed by atoms with van der Waals surface area (Å²) in [5.74, 6) is 0.205. The molecule has 1 rings (SSSR count). The molecule has 0 heterocycles. The van der Waals surface area contributed by atoms with Gasteiger partial charge in [-0.3, -0.25) is 0 Å². The van der Waals surface area contributed by atoms with Gasteiger partial charge in [0, 0.05) is 13.2 Å². The lowest BCUT2D eigenvalue weighted by Gasteiger charge is -2.18.